The Labute approximate surface area is 153 Å². The first-order valence-electron chi connectivity index (χ1n) is 8.76. The highest BCUT2D eigenvalue weighted by Crippen LogP contribution is 2.34. The summed E-state index contributed by atoms with van der Waals surface area (Å²) in [5, 5.41) is 12.0. The third-order valence-corrected chi connectivity index (χ3v) is 5.99. The summed E-state index contributed by atoms with van der Waals surface area (Å²) in [4.78, 5) is 15.5. The zero-order valence-electron chi connectivity index (χ0n) is 14.6. The Bertz CT molecular complexity index is 700. The second-order valence-electron chi connectivity index (χ2n) is 6.83. The number of ether oxygens (including phenoxy) is 1. The molecule has 4 nitrogen and oxygen atoms in total. The Morgan fingerprint density at radius 3 is 2.80 bits per heavy atom. The third-order valence-electron chi connectivity index (χ3n) is 4.98. The zero-order valence-corrected chi connectivity index (χ0v) is 15.4. The molecule has 25 heavy (non-hydrogen) atoms. The van der Waals surface area contributed by atoms with Crippen LogP contribution in [0.4, 0.5) is 0 Å². The summed E-state index contributed by atoms with van der Waals surface area (Å²) in [5.74, 6) is 0.933. The summed E-state index contributed by atoms with van der Waals surface area (Å²) in [6.07, 6.45) is 2.59. The first kappa shape index (κ1) is 18.0. The highest BCUT2D eigenvalue weighted by molar-refractivity contribution is 7.12. The number of likely N-dealkylation sites (tertiary alicyclic amines) is 1. The molecule has 1 saturated heterocycles. The number of thiophene rings is 1. The SMILES string of the molecule is Cc1ccsc1C(=O)N1CCCC(CO)(CCOc2ccccc2)C1. The maximum Gasteiger partial charge on any atom is 0.264 e. The van der Waals surface area contributed by atoms with Gasteiger partial charge in [0.25, 0.3) is 5.91 Å². The minimum absolute atomic E-state index is 0.0817. The second kappa shape index (κ2) is 8.02. The van der Waals surface area contributed by atoms with Crippen molar-refractivity contribution in [2.45, 2.75) is 26.2 Å². The Kier molecular flexibility index (Phi) is 5.76. The molecule has 1 aromatic heterocycles. The lowest BCUT2D eigenvalue weighted by Gasteiger charge is -2.41. The van der Waals surface area contributed by atoms with Crippen LogP contribution in [0.2, 0.25) is 0 Å². The van der Waals surface area contributed by atoms with E-state index in [0.717, 1.165) is 42.0 Å². The van der Waals surface area contributed by atoms with Gasteiger partial charge >= 0.3 is 0 Å². The molecular formula is C20H25NO3S. The van der Waals surface area contributed by atoms with Crippen molar-refractivity contribution < 1.29 is 14.6 Å². The van der Waals surface area contributed by atoms with Crippen LogP contribution in [0.3, 0.4) is 0 Å². The van der Waals surface area contributed by atoms with Crippen molar-refractivity contribution >= 4 is 17.2 Å². The van der Waals surface area contributed by atoms with Crippen LogP contribution in [-0.2, 0) is 0 Å². The molecule has 0 aliphatic carbocycles. The predicted molar refractivity (Wildman–Crippen MR) is 100 cm³/mol. The van der Waals surface area contributed by atoms with Gasteiger partial charge in [-0.15, -0.1) is 11.3 Å². The van der Waals surface area contributed by atoms with E-state index in [1.165, 1.54) is 11.3 Å². The van der Waals surface area contributed by atoms with Gasteiger partial charge in [0.15, 0.2) is 0 Å². The van der Waals surface area contributed by atoms with Crippen LogP contribution >= 0.6 is 11.3 Å². The van der Waals surface area contributed by atoms with Gasteiger partial charge in [0.1, 0.15) is 5.75 Å². The molecule has 134 valence electrons. The maximum absolute atomic E-state index is 12.8. The van der Waals surface area contributed by atoms with Crippen molar-refractivity contribution in [2.75, 3.05) is 26.3 Å². The number of amides is 1. The van der Waals surface area contributed by atoms with Crippen LogP contribution < -0.4 is 4.74 Å². The molecule has 1 aliphatic heterocycles. The van der Waals surface area contributed by atoms with Crippen LogP contribution in [0.15, 0.2) is 41.8 Å². The minimum Gasteiger partial charge on any atom is -0.494 e. The lowest BCUT2D eigenvalue weighted by molar-refractivity contribution is 0.0158. The normalized spacial score (nSPS) is 20.5. The quantitative estimate of drug-likeness (QED) is 0.855. The molecule has 3 rings (SSSR count). The molecule has 1 unspecified atom stereocenters. The van der Waals surface area contributed by atoms with Crippen molar-refractivity contribution in [3.8, 4) is 5.75 Å². The van der Waals surface area contributed by atoms with Gasteiger partial charge in [-0.3, -0.25) is 4.79 Å². The number of aryl methyl sites for hydroxylation is 1. The monoisotopic (exact) mass is 359 g/mol. The molecule has 1 atom stereocenters. The maximum atomic E-state index is 12.8. The molecule has 2 aromatic rings. The van der Waals surface area contributed by atoms with Gasteiger partial charge in [-0.25, -0.2) is 0 Å². The molecule has 0 radical (unpaired) electrons. The van der Waals surface area contributed by atoms with E-state index in [2.05, 4.69) is 0 Å². The molecule has 0 bridgehead atoms. The molecule has 1 N–H and O–H groups in total. The Morgan fingerprint density at radius 1 is 1.32 bits per heavy atom. The summed E-state index contributed by atoms with van der Waals surface area (Å²) in [5.41, 5.74) is 0.760. The zero-order chi connectivity index (χ0) is 17.7. The minimum atomic E-state index is -0.270. The second-order valence-corrected chi connectivity index (χ2v) is 7.75. The van der Waals surface area contributed by atoms with E-state index < -0.39 is 0 Å². The van der Waals surface area contributed by atoms with Gasteiger partial charge in [-0.1, -0.05) is 18.2 Å². The number of carbonyl (C=O) groups excluding carboxylic acids is 1. The topological polar surface area (TPSA) is 49.8 Å². The van der Waals surface area contributed by atoms with Crippen LogP contribution in [0.5, 0.6) is 5.75 Å². The van der Waals surface area contributed by atoms with Crippen LogP contribution in [0, 0.1) is 12.3 Å². The highest BCUT2D eigenvalue weighted by atomic mass is 32.1. The first-order valence-corrected chi connectivity index (χ1v) is 9.64. The summed E-state index contributed by atoms with van der Waals surface area (Å²) >= 11 is 1.50. The van der Waals surface area contributed by atoms with Gasteiger partial charge in [0.2, 0.25) is 0 Å². The van der Waals surface area contributed by atoms with Gasteiger partial charge < -0.3 is 14.7 Å². The van der Waals surface area contributed by atoms with Crippen molar-refractivity contribution in [1.82, 2.24) is 4.90 Å². The van der Waals surface area contributed by atoms with Crippen molar-refractivity contribution in [3.05, 3.63) is 52.2 Å². The van der Waals surface area contributed by atoms with E-state index in [1.54, 1.807) is 0 Å². The molecule has 1 aliphatic rings. The number of aliphatic hydroxyl groups excluding tert-OH is 1. The lowest BCUT2D eigenvalue weighted by atomic mass is 9.78. The van der Waals surface area contributed by atoms with E-state index in [1.807, 2.05) is 53.6 Å². The number of para-hydroxylation sites is 1. The standard InChI is InChI=1S/C20H25NO3S/c1-16-8-13-25-18(16)19(23)21-11-5-9-20(14-21,15-22)10-12-24-17-6-3-2-4-7-17/h2-4,6-8,13,22H,5,9-12,14-15H2,1H3. The summed E-state index contributed by atoms with van der Waals surface area (Å²) in [6, 6.07) is 11.7. The summed E-state index contributed by atoms with van der Waals surface area (Å²) in [6.45, 7) is 3.96. The van der Waals surface area contributed by atoms with Gasteiger partial charge in [0, 0.05) is 18.5 Å². The molecule has 0 saturated carbocycles. The van der Waals surface area contributed by atoms with Crippen molar-refractivity contribution in [3.63, 3.8) is 0 Å². The fourth-order valence-corrected chi connectivity index (χ4v) is 4.32. The molecular weight excluding hydrogens is 334 g/mol. The average molecular weight is 359 g/mol. The van der Waals surface area contributed by atoms with E-state index in [0.29, 0.717) is 13.2 Å². The molecule has 1 amide bonds. The van der Waals surface area contributed by atoms with Gasteiger partial charge in [-0.2, -0.15) is 0 Å². The fourth-order valence-electron chi connectivity index (χ4n) is 3.43. The summed E-state index contributed by atoms with van der Waals surface area (Å²) in [7, 11) is 0. The molecule has 0 spiro atoms. The average Bonchev–Trinajstić information content (AvgIpc) is 3.08. The highest BCUT2D eigenvalue weighted by Gasteiger charge is 2.37. The Balaban J connectivity index is 1.62. The molecule has 1 aromatic carbocycles. The largest absolute Gasteiger partial charge is 0.494 e. The number of carbonyl (C=O) groups is 1. The number of rotatable bonds is 6. The predicted octanol–water partition coefficient (Wildman–Crippen LogP) is 3.74. The number of hydrogen-bond acceptors (Lipinski definition) is 4. The van der Waals surface area contributed by atoms with E-state index in [-0.39, 0.29) is 17.9 Å². The Hall–Kier alpha value is -1.85. The lowest BCUT2D eigenvalue weighted by Crippen LogP contribution is -2.48. The van der Waals surface area contributed by atoms with E-state index in [9.17, 15) is 9.90 Å². The number of nitrogens with zero attached hydrogens (tertiary/aromatic N) is 1. The van der Waals surface area contributed by atoms with Gasteiger partial charge in [0.05, 0.1) is 18.1 Å². The third kappa shape index (κ3) is 4.22. The number of benzene rings is 1. The smallest absolute Gasteiger partial charge is 0.264 e. The number of piperidine rings is 1. The van der Waals surface area contributed by atoms with Crippen LogP contribution in [0.25, 0.3) is 0 Å². The molecule has 1 fully saturated rings. The van der Waals surface area contributed by atoms with E-state index >= 15 is 0 Å². The Morgan fingerprint density at radius 2 is 2.12 bits per heavy atom. The molecule has 2 heterocycles. The molecule has 5 heteroatoms. The van der Waals surface area contributed by atoms with Crippen molar-refractivity contribution in [1.29, 1.82) is 0 Å². The first-order chi connectivity index (χ1) is 12.1. The van der Waals surface area contributed by atoms with Crippen molar-refractivity contribution in [2.24, 2.45) is 5.41 Å². The number of aliphatic hydroxyl groups is 1. The summed E-state index contributed by atoms with van der Waals surface area (Å²) < 4.78 is 5.81. The van der Waals surface area contributed by atoms with E-state index in [4.69, 9.17) is 4.74 Å². The number of hydrogen-bond donors (Lipinski definition) is 1. The van der Waals surface area contributed by atoms with Gasteiger partial charge in [-0.05, 0) is 55.3 Å². The van der Waals surface area contributed by atoms with Crippen LogP contribution in [-0.4, -0.2) is 42.2 Å². The van der Waals surface area contributed by atoms with Crippen LogP contribution in [0.1, 0.15) is 34.5 Å². The fraction of sp³-hybridized carbons (Fsp3) is 0.450.